The number of rotatable bonds is 4. The Bertz CT molecular complexity index is 1280. The van der Waals surface area contributed by atoms with Crippen LogP contribution in [-0.4, -0.2) is 66.7 Å². The normalized spacial score (nSPS) is 17.5. The fourth-order valence-electron chi connectivity index (χ4n) is 4.27. The number of carbonyl (C=O) groups is 1. The van der Waals surface area contributed by atoms with Crippen molar-refractivity contribution >= 4 is 22.6 Å². The van der Waals surface area contributed by atoms with Crippen molar-refractivity contribution in [2.75, 3.05) is 20.3 Å². The number of nitrogens with zero attached hydrogens (tertiary/aromatic N) is 6. The van der Waals surface area contributed by atoms with Gasteiger partial charge in [-0.15, -0.1) is 0 Å². The average Bonchev–Trinajstić information content (AvgIpc) is 3.45. The van der Waals surface area contributed by atoms with E-state index in [-0.39, 0.29) is 11.9 Å². The van der Waals surface area contributed by atoms with E-state index >= 15 is 0 Å². The van der Waals surface area contributed by atoms with Crippen LogP contribution in [0.2, 0.25) is 0 Å². The van der Waals surface area contributed by atoms with Crippen molar-refractivity contribution in [1.29, 1.82) is 0 Å². The third kappa shape index (κ3) is 3.16. The minimum Gasteiger partial charge on any atom is -0.381 e. The van der Waals surface area contributed by atoms with Crippen LogP contribution in [0.3, 0.4) is 0 Å². The summed E-state index contributed by atoms with van der Waals surface area (Å²) in [4.78, 5) is 32.3. The lowest BCUT2D eigenvalue weighted by molar-refractivity contribution is 0.0363. The molecule has 1 N–H and O–H groups in total. The van der Waals surface area contributed by atoms with Crippen LogP contribution in [0.25, 0.3) is 27.9 Å². The number of H-pyrrole nitrogens is 1. The van der Waals surface area contributed by atoms with Gasteiger partial charge < -0.3 is 14.6 Å². The topological polar surface area (TPSA) is 101 Å². The van der Waals surface area contributed by atoms with Gasteiger partial charge in [0.05, 0.1) is 11.9 Å². The van der Waals surface area contributed by atoms with Crippen LogP contribution in [0.15, 0.2) is 30.9 Å². The first-order valence-electron chi connectivity index (χ1n) is 10.7. The van der Waals surface area contributed by atoms with E-state index in [2.05, 4.69) is 20.1 Å². The molecule has 4 aromatic rings. The van der Waals surface area contributed by atoms with Crippen molar-refractivity contribution < 1.29 is 9.53 Å². The third-order valence-corrected chi connectivity index (χ3v) is 6.33. The second kappa shape index (κ2) is 7.12. The molecule has 0 bridgehead atoms. The summed E-state index contributed by atoms with van der Waals surface area (Å²) < 4.78 is 7.07. The van der Waals surface area contributed by atoms with Gasteiger partial charge >= 0.3 is 0 Å². The first-order valence-corrected chi connectivity index (χ1v) is 10.7. The number of aromatic nitrogens is 6. The Morgan fingerprint density at radius 3 is 2.84 bits per heavy atom. The van der Waals surface area contributed by atoms with E-state index in [1.54, 1.807) is 15.6 Å². The molecule has 2 aliphatic rings. The zero-order valence-corrected chi connectivity index (χ0v) is 17.3. The van der Waals surface area contributed by atoms with Gasteiger partial charge in [-0.3, -0.25) is 4.79 Å². The highest BCUT2D eigenvalue weighted by Gasteiger charge is 2.28. The van der Waals surface area contributed by atoms with Crippen LogP contribution < -0.4 is 0 Å². The summed E-state index contributed by atoms with van der Waals surface area (Å²) in [6.07, 6.45) is 11.2. The van der Waals surface area contributed by atoms with Gasteiger partial charge in [0.2, 0.25) is 0 Å². The van der Waals surface area contributed by atoms with E-state index in [4.69, 9.17) is 9.72 Å². The Kier molecular flexibility index (Phi) is 4.24. The van der Waals surface area contributed by atoms with E-state index in [0.29, 0.717) is 30.3 Å². The summed E-state index contributed by atoms with van der Waals surface area (Å²) in [5.74, 6) is 1.34. The zero-order chi connectivity index (χ0) is 20.9. The second-order valence-electron chi connectivity index (χ2n) is 8.37. The van der Waals surface area contributed by atoms with E-state index in [1.165, 1.54) is 0 Å². The first-order chi connectivity index (χ1) is 15.2. The van der Waals surface area contributed by atoms with Gasteiger partial charge in [-0.25, -0.2) is 19.5 Å². The number of fused-ring (bicyclic) bond motifs is 2. The molecule has 6 rings (SSSR count). The highest BCUT2D eigenvalue weighted by atomic mass is 16.5. The van der Waals surface area contributed by atoms with Gasteiger partial charge in [0.25, 0.3) is 5.91 Å². The molecule has 158 valence electrons. The quantitative estimate of drug-likeness (QED) is 0.548. The Morgan fingerprint density at radius 2 is 2.03 bits per heavy atom. The van der Waals surface area contributed by atoms with Crippen LogP contribution >= 0.6 is 0 Å². The smallest absolute Gasteiger partial charge is 0.259 e. The summed E-state index contributed by atoms with van der Waals surface area (Å²) in [6, 6.07) is 2.07. The fourth-order valence-corrected chi connectivity index (χ4v) is 4.27. The van der Waals surface area contributed by atoms with Gasteiger partial charge in [-0.1, -0.05) is 0 Å². The third-order valence-electron chi connectivity index (χ3n) is 6.33. The van der Waals surface area contributed by atoms with Crippen molar-refractivity contribution in [3.05, 3.63) is 42.2 Å². The van der Waals surface area contributed by atoms with Gasteiger partial charge in [-0.05, 0) is 31.7 Å². The highest BCUT2D eigenvalue weighted by molar-refractivity contribution is 6.00. The zero-order valence-electron chi connectivity index (χ0n) is 17.3. The van der Waals surface area contributed by atoms with Gasteiger partial charge in [0, 0.05) is 61.8 Å². The number of amides is 1. The lowest BCUT2D eigenvalue weighted by Gasteiger charge is -2.30. The molecule has 1 aliphatic heterocycles. The number of aromatic amines is 1. The molecule has 9 nitrogen and oxygen atoms in total. The van der Waals surface area contributed by atoms with Gasteiger partial charge in [0.15, 0.2) is 5.65 Å². The van der Waals surface area contributed by atoms with Crippen molar-refractivity contribution in [2.24, 2.45) is 0 Å². The molecule has 0 aromatic carbocycles. The molecule has 0 atom stereocenters. The second-order valence-corrected chi connectivity index (χ2v) is 8.37. The molecule has 1 saturated heterocycles. The van der Waals surface area contributed by atoms with Crippen molar-refractivity contribution in [1.82, 2.24) is 34.4 Å². The molecule has 1 amide bonds. The summed E-state index contributed by atoms with van der Waals surface area (Å²) in [6.45, 7) is 1.37. The minimum absolute atomic E-state index is 0.0668. The monoisotopic (exact) mass is 417 g/mol. The molecule has 1 aliphatic carbocycles. The first kappa shape index (κ1) is 18.4. The predicted molar refractivity (Wildman–Crippen MR) is 114 cm³/mol. The molecule has 9 heteroatoms. The molecule has 0 spiro atoms. The average molecular weight is 417 g/mol. The molecule has 0 unspecified atom stereocenters. The molecule has 0 radical (unpaired) electrons. The SMILES string of the molecule is CN(C(=O)c1cnn2ccc(-c3c[nH]c4nc(C5CC5)ncc34)nc12)C1CCOCC1. The Morgan fingerprint density at radius 1 is 1.19 bits per heavy atom. The summed E-state index contributed by atoms with van der Waals surface area (Å²) in [5, 5.41) is 5.26. The van der Waals surface area contributed by atoms with E-state index in [9.17, 15) is 4.79 Å². The molecule has 2 fully saturated rings. The molecule has 4 aromatic heterocycles. The Balaban J connectivity index is 1.36. The number of carbonyl (C=O) groups excluding carboxylic acids is 1. The lowest BCUT2D eigenvalue weighted by Crippen LogP contribution is -2.40. The maximum Gasteiger partial charge on any atom is 0.259 e. The summed E-state index contributed by atoms with van der Waals surface area (Å²) in [5.41, 5.74) is 3.54. The van der Waals surface area contributed by atoms with Gasteiger partial charge in [0.1, 0.15) is 17.0 Å². The Labute approximate surface area is 178 Å². The maximum atomic E-state index is 13.2. The van der Waals surface area contributed by atoms with Crippen LogP contribution in [0.1, 0.15) is 47.8 Å². The number of hydrogen-bond acceptors (Lipinski definition) is 6. The predicted octanol–water partition coefficient (Wildman–Crippen LogP) is 2.80. The Hall–Kier alpha value is -3.33. The maximum absolute atomic E-state index is 13.2. The standard InChI is InChI=1S/C22H23N7O2/c1-28(14-5-8-31-9-6-14)22(30)17-12-25-29-7-4-18(26-21(17)29)15-10-24-20-16(15)11-23-19(27-20)13-2-3-13/h4,7,10-14H,2-3,5-6,8-9H2,1H3,(H,23,24,27). The largest absolute Gasteiger partial charge is 0.381 e. The molecule has 5 heterocycles. The van der Waals surface area contributed by atoms with Crippen molar-refractivity contribution in [3.8, 4) is 11.3 Å². The number of ether oxygens (including phenoxy) is 1. The van der Waals surface area contributed by atoms with E-state index in [1.807, 2.05) is 31.7 Å². The molecular weight excluding hydrogens is 394 g/mol. The molecule has 31 heavy (non-hydrogen) atoms. The molecular formula is C22H23N7O2. The van der Waals surface area contributed by atoms with Gasteiger partial charge in [-0.2, -0.15) is 5.10 Å². The number of hydrogen-bond donors (Lipinski definition) is 1. The highest BCUT2D eigenvalue weighted by Crippen LogP contribution is 2.38. The number of nitrogens with one attached hydrogen (secondary N) is 1. The molecule has 1 saturated carbocycles. The van der Waals surface area contributed by atoms with Crippen LogP contribution in [-0.2, 0) is 4.74 Å². The van der Waals surface area contributed by atoms with E-state index < -0.39 is 0 Å². The fraction of sp³-hybridized carbons (Fsp3) is 0.409. The minimum atomic E-state index is -0.0668. The lowest BCUT2D eigenvalue weighted by atomic mass is 10.1. The van der Waals surface area contributed by atoms with Crippen LogP contribution in [0, 0.1) is 0 Å². The summed E-state index contributed by atoms with van der Waals surface area (Å²) >= 11 is 0. The summed E-state index contributed by atoms with van der Waals surface area (Å²) in [7, 11) is 1.85. The van der Waals surface area contributed by atoms with Crippen LogP contribution in [0.5, 0.6) is 0 Å². The van der Waals surface area contributed by atoms with Crippen molar-refractivity contribution in [3.63, 3.8) is 0 Å². The van der Waals surface area contributed by atoms with Crippen molar-refractivity contribution in [2.45, 2.75) is 37.6 Å². The van der Waals surface area contributed by atoms with E-state index in [0.717, 1.165) is 53.8 Å². The van der Waals surface area contributed by atoms with Crippen LogP contribution in [0.4, 0.5) is 0 Å².